The highest BCUT2D eigenvalue weighted by molar-refractivity contribution is 6.03. The lowest BCUT2D eigenvalue weighted by Gasteiger charge is -2.15. The SMILES string of the molecule is O=C(Nc1nnc(-c2ccc3c(c2)CCCC3)o1)c1ccc(F)cc1F. The number of benzene rings is 2. The summed E-state index contributed by atoms with van der Waals surface area (Å²) in [6.45, 7) is 0. The first kappa shape index (κ1) is 16.4. The van der Waals surface area contributed by atoms with Crippen molar-refractivity contribution >= 4 is 11.9 Å². The Morgan fingerprint density at radius 1 is 1.00 bits per heavy atom. The summed E-state index contributed by atoms with van der Waals surface area (Å²) in [5.74, 6) is -2.24. The van der Waals surface area contributed by atoms with Gasteiger partial charge in [-0.05, 0) is 61.1 Å². The number of fused-ring (bicyclic) bond motifs is 1. The number of carbonyl (C=O) groups excluding carboxylic acids is 1. The van der Waals surface area contributed by atoms with Crippen LogP contribution in [0.25, 0.3) is 11.5 Å². The van der Waals surface area contributed by atoms with E-state index in [-0.39, 0.29) is 17.5 Å². The molecule has 1 amide bonds. The van der Waals surface area contributed by atoms with Gasteiger partial charge in [0.2, 0.25) is 5.89 Å². The number of nitrogens with one attached hydrogen (secondary N) is 1. The number of amides is 1. The highest BCUT2D eigenvalue weighted by Crippen LogP contribution is 2.27. The molecule has 26 heavy (non-hydrogen) atoms. The standard InChI is InChI=1S/C19H15F2N3O2/c20-14-7-8-15(16(21)10-14)17(25)22-19-24-23-18(26-19)13-6-5-11-3-1-2-4-12(11)9-13/h5-10H,1-4H2,(H,22,24,25). The summed E-state index contributed by atoms with van der Waals surface area (Å²) in [4.78, 5) is 12.1. The van der Waals surface area contributed by atoms with Gasteiger partial charge in [-0.2, -0.15) is 0 Å². The van der Waals surface area contributed by atoms with E-state index < -0.39 is 17.5 Å². The summed E-state index contributed by atoms with van der Waals surface area (Å²) in [5.41, 5.74) is 3.07. The van der Waals surface area contributed by atoms with Crippen molar-refractivity contribution < 1.29 is 18.0 Å². The van der Waals surface area contributed by atoms with Gasteiger partial charge in [0.25, 0.3) is 5.91 Å². The number of carbonyl (C=O) groups is 1. The third kappa shape index (κ3) is 3.20. The minimum atomic E-state index is -0.961. The molecule has 0 radical (unpaired) electrons. The van der Waals surface area contributed by atoms with E-state index >= 15 is 0 Å². The minimum Gasteiger partial charge on any atom is -0.403 e. The predicted molar refractivity (Wildman–Crippen MR) is 90.7 cm³/mol. The molecule has 3 aromatic rings. The molecule has 0 aliphatic heterocycles. The average molecular weight is 355 g/mol. The second-order valence-electron chi connectivity index (χ2n) is 6.18. The van der Waals surface area contributed by atoms with Crippen LogP contribution in [0, 0.1) is 11.6 Å². The number of anilines is 1. The van der Waals surface area contributed by atoms with E-state index in [1.165, 1.54) is 17.5 Å². The number of hydrogen-bond donors (Lipinski definition) is 1. The second-order valence-corrected chi connectivity index (χ2v) is 6.18. The maximum absolute atomic E-state index is 13.7. The van der Waals surface area contributed by atoms with E-state index in [1.807, 2.05) is 12.1 Å². The van der Waals surface area contributed by atoms with E-state index in [0.717, 1.165) is 37.0 Å². The van der Waals surface area contributed by atoms with Crippen LogP contribution in [0.3, 0.4) is 0 Å². The summed E-state index contributed by atoms with van der Waals surface area (Å²) in [6.07, 6.45) is 4.45. The highest BCUT2D eigenvalue weighted by atomic mass is 19.1. The fourth-order valence-electron chi connectivity index (χ4n) is 3.09. The molecule has 2 aromatic carbocycles. The molecule has 4 rings (SSSR count). The topological polar surface area (TPSA) is 68.0 Å². The van der Waals surface area contributed by atoms with Crippen LogP contribution in [0.2, 0.25) is 0 Å². The van der Waals surface area contributed by atoms with Gasteiger partial charge in [0.15, 0.2) is 0 Å². The quantitative estimate of drug-likeness (QED) is 0.766. The van der Waals surface area contributed by atoms with Crippen LogP contribution in [-0.4, -0.2) is 16.1 Å². The molecule has 0 saturated carbocycles. The third-order valence-electron chi connectivity index (χ3n) is 4.42. The van der Waals surface area contributed by atoms with Crippen LogP contribution in [0.15, 0.2) is 40.8 Å². The Bertz CT molecular complexity index is 985. The van der Waals surface area contributed by atoms with Gasteiger partial charge in [0.05, 0.1) is 5.56 Å². The van der Waals surface area contributed by atoms with Crippen molar-refractivity contribution in [3.63, 3.8) is 0 Å². The Kier molecular flexibility index (Phi) is 4.20. The Labute approximate surface area is 148 Å². The van der Waals surface area contributed by atoms with E-state index in [4.69, 9.17) is 4.42 Å². The smallest absolute Gasteiger partial charge is 0.322 e. The summed E-state index contributed by atoms with van der Waals surface area (Å²) in [7, 11) is 0. The number of hydrogen-bond acceptors (Lipinski definition) is 4. The molecule has 0 atom stereocenters. The molecule has 0 fully saturated rings. The van der Waals surface area contributed by atoms with Crippen LogP contribution < -0.4 is 5.32 Å². The Morgan fingerprint density at radius 3 is 2.62 bits per heavy atom. The zero-order valence-corrected chi connectivity index (χ0v) is 13.8. The summed E-state index contributed by atoms with van der Waals surface area (Å²) in [5, 5.41) is 10.0. The molecular weight excluding hydrogens is 340 g/mol. The Hall–Kier alpha value is -3.09. The molecule has 0 unspecified atom stereocenters. The lowest BCUT2D eigenvalue weighted by Crippen LogP contribution is -2.14. The van der Waals surface area contributed by atoms with Gasteiger partial charge in [-0.3, -0.25) is 10.1 Å². The van der Waals surface area contributed by atoms with Crippen molar-refractivity contribution in [1.82, 2.24) is 10.2 Å². The zero-order chi connectivity index (χ0) is 18.1. The molecule has 1 heterocycles. The van der Waals surface area contributed by atoms with Crippen LogP contribution in [0.4, 0.5) is 14.8 Å². The van der Waals surface area contributed by atoms with Gasteiger partial charge >= 0.3 is 6.01 Å². The van der Waals surface area contributed by atoms with Crippen molar-refractivity contribution in [2.75, 3.05) is 5.32 Å². The Morgan fingerprint density at radius 2 is 1.81 bits per heavy atom. The predicted octanol–water partition coefficient (Wildman–Crippen LogP) is 4.15. The number of aryl methyl sites for hydroxylation is 2. The number of halogens is 2. The van der Waals surface area contributed by atoms with Gasteiger partial charge in [0, 0.05) is 11.6 Å². The zero-order valence-electron chi connectivity index (χ0n) is 13.8. The molecule has 0 saturated heterocycles. The first-order valence-electron chi connectivity index (χ1n) is 8.32. The molecule has 1 aromatic heterocycles. The van der Waals surface area contributed by atoms with E-state index in [2.05, 4.69) is 21.6 Å². The summed E-state index contributed by atoms with van der Waals surface area (Å²) in [6, 6.07) is 8.54. The first-order chi connectivity index (χ1) is 12.6. The molecule has 0 spiro atoms. The molecule has 132 valence electrons. The van der Waals surface area contributed by atoms with Gasteiger partial charge in [-0.15, -0.1) is 5.10 Å². The molecule has 1 aliphatic rings. The maximum Gasteiger partial charge on any atom is 0.322 e. The molecule has 1 N–H and O–H groups in total. The summed E-state index contributed by atoms with van der Waals surface area (Å²) < 4.78 is 32.1. The van der Waals surface area contributed by atoms with Crippen molar-refractivity contribution in [1.29, 1.82) is 0 Å². The fraction of sp³-hybridized carbons (Fsp3) is 0.211. The maximum atomic E-state index is 13.7. The van der Waals surface area contributed by atoms with Gasteiger partial charge in [0.1, 0.15) is 11.6 Å². The van der Waals surface area contributed by atoms with Crippen LogP contribution >= 0.6 is 0 Å². The molecule has 7 heteroatoms. The van der Waals surface area contributed by atoms with E-state index in [9.17, 15) is 13.6 Å². The molecule has 5 nitrogen and oxygen atoms in total. The monoisotopic (exact) mass is 355 g/mol. The van der Waals surface area contributed by atoms with E-state index in [1.54, 1.807) is 0 Å². The largest absolute Gasteiger partial charge is 0.403 e. The fourth-order valence-corrected chi connectivity index (χ4v) is 3.09. The molecule has 0 bridgehead atoms. The molecular formula is C19H15F2N3O2. The lowest BCUT2D eigenvalue weighted by atomic mass is 9.90. The first-order valence-corrected chi connectivity index (χ1v) is 8.32. The van der Waals surface area contributed by atoms with Gasteiger partial charge in [-0.25, -0.2) is 8.78 Å². The van der Waals surface area contributed by atoms with Crippen molar-refractivity contribution in [3.8, 4) is 11.5 Å². The van der Waals surface area contributed by atoms with Crippen molar-refractivity contribution in [2.45, 2.75) is 25.7 Å². The van der Waals surface area contributed by atoms with Crippen LogP contribution in [0.1, 0.15) is 34.3 Å². The minimum absolute atomic E-state index is 0.147. The summed E-state index contributed by atoms with van der Waals surface area (Å²) >= 11 is 0. The number of aromatic nitrogens is 2. The van der Waals surface area contributed by atoms with Crippen LogP contribution in [0.5, 0.6) is 0 Å². The lowest BCUT2D eigenvalue weighted by molar-refractivity contribution is 0.102. The second kappa shape index (κ2) is 6.67. The third-order valence-corrected chi connectivity index (χ3v) is 4.42. The highest BCUT2D eigenvalue weighted by Gasteiger charge is 2.17. The normalized spacial score (nSPS) is 13.3. The van der Waals surface area contributed by atoms with Crippen molar-refractivity contribution in [2.24, 2.45) is 0 Å². The number of rotatable bonds is 3. The van der Waals surface area contributed by atoms with Gasteiger partial charge < -0.3 is 4.42 Å². The average Bonchev–Trinajstić information content (AvgIpc) is 3.09. The number of nitrogens with zero attached hydrogens (tertiary/aromatic N) is 2. The Balaban J connectivity index is 1.54. The van der Waals surface area contributed by atoms with Crippen molar-refractivity contribution in [3.05, 3.63) is 64.7 Å². The molecule has 1 aliphatic carbocycles. The van der Waals surface area contributed by atoms with Gasteiger partial charge in [-0.1, -0.05) is 11.2 Å². The van der Waals surface area contributed by atoms with E-state index in [0.29, 0.717) is 6.07 Å². The van der Waals surface area contributed by atoms with Crippen LogP contribution in [-0.2, 0) is 12.8 Å².